The predicted molar refractivity (Wildman–Crippen MR) is 49.3 cm³/mol. The minimum Gasteiger partial charge on any atom is -0.481 e. The fourth-order valence-electron chi connectivity index (χ4n) is 0.885. The molecule has 0 aliphatic rings. The lowest BCUT2D eigenvalue weighted by atomic mass is 9.89. The van der Waals surface area contributed by atoms with Gasteiger partial charge < -0.3 is 10.8 Å². The molecule has 70 valence electrons. The van der Waals surface area contributed by atoms with Crippen LogP contribution in [0.25, 0.3) is 0 Å². The van der Waals surface area contributed by atoms with Crippen LogP contribution in [0.5, 0.6) is 0 Å². The van der Waals surface area contributed by atoms with E-state index in [1.807, 2.05) is 0 Å². The van der Waals surface area contributed by atoms with Crippen molar-refractivity contribution in [3.05, 3.63) is 24.0 Å². The van der Waals surface area contributed by atoms with Crippen LogP contribution in [0.2, 0.25) is 0 Å². The molecule has 4 nitrogen and oxygen atoms in total. The Balaban J connectivity index is 3.08. The first-order chi connectivity index (χ1) is 5.94. The number of nitrogens with zero attached hydrogens (tertiary/aromatic N) is 1. The Labute approximate surface area is 76.4 Å². The minimum absolute atomic E-state index is 0.509. The Morgan fingerprint density at radius 3 is 2.54 bits per heavy atom. The first-order valence-electron chi connectivity index (χ1n) is 3.90. The van der Waals surface area contributed by atoms with Gasteiger partial charge in [0.15, 0.2) is 0 Å². The summed E-state index contributed by atoms with van der Waals surface area (Å²) in [6.07, 6.45) is 1.46. The van der Waals surface area contributed by atoms with Gasteiger partial charge in [0.25, 0.3) is 0 Å². The van der Waals surface area contributed by atoms with Crippen molar-refractivity contribution in [3.63, 3.8) is 0 Å². The fraction of sp³-hybridized carbons (Fsp3) is 0.333. The van der Waals surface area contributed by atoms with Gasteiger partial charge in [-0.05, 0) is 26.0 Å². The maximum atomic E-state index is 10.8. The number of nitrogens with two attached hydrogens (primary N) is 1. The lowest BCUT2D eigenvalue weighted by Crippen LogP contribution is -2.29. The van der Waals surface area contributed by atoms with Crippen LogP contribution in [0, 0.1) is 0 Å². The quantitative estimate of drug-likeness (QED) is 0.712. The highest BCUT2D eigenvalue weighted by atomic mass is 16.4. The number of carboxylic acid groups (broad SMARTS) is 1. The molecule has 1 aromatic rings. The molecule has 0 atom stereocenters. The van der Waals surface area contributed by atoms with Crippen LogP contribution < -0.4 is 5.73 Å². The van der Waals surface area contributed by atoms with E-state index in [9.17, 15) is 4.79 Å². The van der Waals surface area contributed by atoms with Gasteiger partial charge in [-0.2, -0.15) is 0 Å². The molecule has 1 rings (SSSR count). The summed E-state index contributed by atoms with van der Waals surface area (Å²) in [6.45, 7) is 3.21. The zero-order chi connectivity index (χ0) is 10.1. The Morgan fingerprint density at radius 2 is 2.15 bits per heavy atom. The predicted octanol–water partition coefficient (Wildman–Crippen LogP) is 1.03. The molecule has 13 heavy (non-hydrogen) atoms. The van der Waals surface area contributed by atoms with E-state index in [4.69, 9.17) is 10.8 Å². The largest absolute Gasteiger partial charge is 0.481 e. The van der Waals surface area contributed by atoms with E-state index in [1.165, 1.54) is 6.20 Å². The molecule has 0 aliphatic carbocycles. The monoisotopic (exact) mass is 180 g/mol. The highest BCUT2D eigenvalue weighted by Crippen LogP contribution is 2.21. The Morgan fingerprint density at radius 1 is 1.54 bits per heavy atom. The van der Waals surface area contributed by atoms with Crippen molar-refractivity contribution in [2.45, 2.75) is 19.3 Å². The number of aromatic nitrogens is 1. The molecule has 3 N–H and O–H groups in total. The number of rotatable bonds is 2. The number of nitrogen functional groups attached to an aromatic ring is 1. The van der Waals surface area contributed by atoms with Crippen LogP contribution in [0.1, 0.15) is 19.5 Å². The standard InChI is InChI=1S/C9H12N2O2/c1-9(2,8(12)13)7-4-3-6(10)5-11-7/h3-5H,10H2,1-2H3,(H,12,13). The van der Waals surface area contributed by atoms with Crippen molar-refractivity contribution in [2.24, 2.45) is 0 Å². The number of hydrogen-bond donors (Lipinski definition) is 2. The van der Waals surface area contributed by atoms with Gasteiger partial charge in [-0.1, -0.05) is 0 Å². The molecule has 0 aliphatic heterocycles. The lowest BCUT2D eigenvalue weighted by molar-refractivity contribution is -0.142. The third-order valence-electron chi connectivity index (χ3n) is 1.96. The van der Waals surface area contributed by atoms with Crippen LogP contribution in [0.3, 0.4) is 0 Å². The molecular formula is C9H12N2O2. The van der Waals surface area contributed by atoms with Crippen molar-refractivity contribution in [1.29, 1.82) is 0 Å². The van der Waals surface area contributed by atoms with Gasteiger partial charge in [-0.25, -0.2) is 0 Å². The number of aliphatic carboxylic acids is 1. The van der Waals surface area contributed by atoms with Gasteiger partial charge in [0, 0.05) is 0 Å². The molecule has 0 unspecified atom stereocenters. The number of hydrogen-bond acceptors (Lipinski definition) is 3. The first-order valence-corrected chi connectivity index (χ1v) is 3.90. The number of pyridine rings is 1. The average molecular weight is 180 g/mol. The molecule has 1 heterocycles. The molecule has 0 spiro atoms. The molecule has 4 heteroatoms. The van der Waals surface area contributed by atoms with E-state index < -0.39 is 11.4 Å². The van der Waals surface area contributed by atoms with Crippen molar-refractivity contribution in [3.8, 4) is 0 Å². The molecule has 0 saturated heterocycles. The second-order valence-corrected chi connectivity index (χ2v) is 3.41. The summed E-state index contributed by atoms with van der Waals surface area (Å²) in [5.74, 6) is -0.898. The second-order valence-electron chi connectivity index (χ2n) is 3.41. The minimum atomic E-state index is -0.965. The summed E-state index contributed by atoms with van der Waals surface area (Å²) in [6, 6.07) is 3.27. The average Bonchev–Trinajstić information content (AvgIpc) is 2.04. The summed E-state index contributed by atoms with van der Waals surface area (Å²) < 4.78 is 0. The van der Waals surface area contributed by atoms with Crippen LogP contribution in [-0.2, 0) is 10.2 Å². The van der Waals surface area contributed by atoms with Crippen LogP contribution in [0.4, 0.5) is 5.69 Å². The zero-order valence-electron chi connectivity index (χ0n) is 7.61. The molecule has 0 fully saturated rings. The Bertz CT molecular complexity index is 317. The molecule has 0 aromatic carbocycles. The van der Waals surface area contributed by atoms with E-state index >= 15 is 0 Å². The lowest BCUT2D eigenvalue weighted by Gasteiger charge is -2.17. The fourth-order valence-corrected chi connectivity index (χ4v) is 0.885. The van der Waals surface area contributed by atoms with Crippen molar-refractivity contribution >= 4 is 11.7 Å². The molecule has 0 radical (unpaired) electrons. The van der Waals surface area contributed by atoms with Gasteiger partial charge in [0.2, 0.25) is 0 Å². The summed E-state index contributed by atoms with van der Waals surface area (Å²) in [7, 11) is 0. The summed E-state index contributed by atoms with van der Waals surface area (Å²) in [5, 5.41) is 8.89. The number of carboxylic acids is 1. The van der Waals surface area contributed by atoms with E-state index in [2.05, 4.69) is 4.98 Å². The van der Waals surface area contributed by atoms with Gasteiger partial charge in [0.1, 0.15) is 5.41 Å². The molecule has 0 saturated carbocycles. The van der Waals surface area contributed by atoms with Gasteiger partial charge >= 0.3 is 5.97 Å². The highest BCUT2D eigenvalue weighted by molar-refractivity contribution is 5.79. The van der Waals surface area contributed by atoms with Crippen molar-refractivity contribution in [2.75, 3.05) is 5.73 Å². The summed E-state index contributed by atoms with van der Waals surface area (Å²) in [4.78, 5) is 14.8. The smallest absolute Gasteiger partial charge is 0.315 e. The van der Waals surface area contributed by atoms with E-state index in [0.29, 0.717) is 11.4 Å². The van der Waals surface area contributed by atoms with Crippen LogP contribution in [-0.4, -0.2) is 16.1 Å². The van der Waals surface area contributed by atoms with E-state index in [-0.39, 0.29) is 0 Å². The molecule has 1 aromatic heterocycles. The Hall–Kier alpha value is -1.58. The Kier molecular flexibility index (Phi) is 2.23. The highest BCUT2D eigenvalue weighted by Gasteiger charge is 2.30. The normalized spacial score (nSPS) is 11.2. The van der Waals surface area contributed by atoms with Gasteiger partial charge in [-0.3, -0.25) is 9.78 Å². The SMILES string of the molecule is CC(C)(C(=O)O)c1ccc(N)cn1. The summed E-state index contributed by atoms with van der Waals surface area (Å²) >= 11 is 0. The second kappa shape index (κ2) is 3.05. The first kappa shape index (κ1) is 9.51. The zero-order valence-corrected chi connectivity index (χ0v) is 7.61. The molecule has 0 amide bonds. The third kappa shape index (κ3) is 1.77. The molecular weight excluding hydrogens is 168 g/mol. The van der Waals surface area contributed by atoms with Crippen molar-refractivity contribution < 1.29 is 9.90 Å². The van der Waals surface area contributed by atoms with Gasteiger partial charge in [-0.15, -0.1) is 0 Å². The summed E-state index contributed by atoms with van der Waals surface area (Å²) in [5.41, 5.74) is 5.51. The van der Waals surface area contributed by atoms with Crippen LogP contribution >= 0.6 is 0 Å². The number of anilines is 1. The van der Waals surface area contributed by atoms with Crippen LogP contribution in [0.15, 0.2) is 18.3 Å². The molecule has 0 bridgehead atoms. The number of carbonyl (C=O) groups is 1. The van der Waals surface area contributed by atoms with Gasteiger partial charge in [0.05, 0.1) is 17.6 Å². The maximum Gasteiger partial charge on any atom is 0.315 e. The third-order valence-corrected chi connectivity index (χ3v) is 1.96. The maximum absolute atomic E-state index is 10.8. The topological polar surface area (TPSA) is 76.2 Å². The van der Waals surface area contributed by atoms with Crippen molar-refractivity contribution in [1.82, 2.24) is 4.98 Å². The van der Waals surface area contributed by atoms with E-state index in [1.54, 1.807) is 26.0 Å². The van der Waals surface area contributed by atoms with E-state index in [0.717, 1.165) is 0 Å².